The molecule has 0 radical (unpaired) electrons. The molecule has 4 heterocycles. The van der Waals surface area contributed by atoms with Gasteiger partial charge >= 0.3 is 27.2 Å². The van der Waals surface area contributed by atoms with E-state index in [0.29, 0.717) is 5.69 Å². The number of nitrogens with zero attached hydrogens (tertiary/aromatic N) is 6. The molecule has 6 nitrogen and oxygen atoms in total. The quantitative estimate of drug-likeness (QED) is 0.177. The number of hydrogen-bond donors (Lipinski definition) is 0. The second-order valence-corrected chi connectivity index (χ2v) is 15.3. The molecule has 0 saturated carbocycles. The Morgan fingerprint density at radius 1 is 0.565 bits per heavy atom. The molecule has 4 aromatic heterocycles. The van der Waals surface area contributed by atoms with Crippen molar-refractivity contribution >= 4 is 26.5 Å². The van der Waals surface area contributed by atoms with Crippen LogP contribution in [0.1, 0.15) is 11.4 Å². The minimum atomic E-state index is -4.46. The second kappa shape index (κ2) is 19.9. The summed E-state index contributed by atoms with van der Waals surface area (Å²) in [7, 11) is -0.424. The summed E-state index contributed by atoms with van der Waals surface area (Å²) in [5.41, 5.74) is 2.15. The third-order valence-corrected chi connectivity index (χ3v) is 9.02. The van der Waals surface area contributed by atoms with Gasteiger partial charge in [-0.05, 0) is 61.5 Å². The van der Waals surface area contributed by atoms with Gasteiger partial charge in [-0.25, -0.2) is 0 Å². The Hall–Kier alpha value is -3.50. The van der Waals surface area contributed by atoms with Crippen molar-refractivity contribution in [3.05, 3.63) is 133 Å². The standard InChI is InChI=1S/C9H5F3N3.C9H8N3.2C8H11P.Pt/c10-9(11,12)8-5-7(14-15-8)6-3-1-2-4-13-6;1-7-6-9(12-11-7)8-4-2-3-5-10-8;2*1-9(2)8-6-4-3-5-7-8;/h1-5H;2-6H,1H3;2*3-7H,1-2H3;/q2*-1;;;+2/p+2. The molecule has 0 aliphatic rings. The van der Waals surface area contributed by atoms with E-state index >= 15 is 0 Å². The molecule has 0 spiro atoms. The predicted octanol–water partition coefficient (Wildman–Crippen LogP) is 7.10. The number of halogens is 3. The maximum absolute atomic E-state index is 12.2. The van der Waals surface area contributed by atoms with Gasteiger partial charge in [0, 0.05) is 45.3 Å². The van der Waals surface area contributed by atoms with Crippen molar-refractivity contribution < 1.29 is 34.2 Å². The molecule has 0 saturated heterocycles. The van der Waals surface area contributed by atoms with Crippen molar-refractivity contribution in [3.63, 3.8) is 0 Å². The van der Waals surface area contributed by atoms with E-state index in [1.165, 1.54) is 16.8 Å². The van der Waals surface area contributed by atoms with Gasteiger partial charge in [0.25, 0.3) is 0 Å². The van der Waals surface area contributed by atoms with Crippen molar-refractivity contribution in [1.29, 1.82) is 0 Å². The molecule has 0 bridgehead atoms. The van der Waals surface area contributed by atoms with Gasteiger partial charge in [-0.2, -0.15) is 13.2 Å². The van der Waals surface area contributed by atoms with E-state index in [2.05, 4.69) is 118 Å². The summed E-state index contributed by atoms with van der Waals surface area (Å²) in [6, 6.07) is 34.8. The van der Waals surface area contributed by atoms with Crippen LogP contribution in [0.2, 0.25) is 0 Å². The van der Waals surface area contributed by atoms with Crippen LogP contribution in [0.4, 0.5) is 13.2 Å². The molecular formula is C34H37F3N6P2Pt+2. The molecule has 0 N–H and O–H groups in total. The van der Waals surface area contributed by atoms with Gasteiger partial charge in [0.05, 0.1) is 37.3 Å². The Morgan fingerprint density at radius 3 is 1.28 bits per heavy atom. The maximum atomic E-state index is 12.2. The van der Waals surface area contributed by atoms with Crippen LogP contribution in [-0.2, 0) is 27.2 Å². The number of rotatable bonds is 4. The average molecular weight is 844 g/mol. The Balaban J connectivity index is 0.000000217. The molecule has 242 valence electrons. The van der Waals surface area contributed by atoms with E-state index in [1.807, 2.05) is 31.2 Å². The summed E-state index contributed by atoms with van der Waals surface area (Å²) in [6.07, 6.45) is -1.23. The predicted molar refractivity (Wildman–Crippen MR) is 184 cm³/mol. The third-order valence-electron chi connectivity index (χ3n) is 6.05. The molecule has 0 aliphatic carbocycles. The fourth-order valence-electron chi connectivity index (χ4n) is 3.64. The van der Waals surface area contributed by atoms with Gasteiger partial charge in [0.15, 0.2) is 0 Å². The maximum Gasteiger partial charge on any atom is 2.00 e. The molecule has 0 amide bonds. The Kier molecular flexibility index (Phi) is 16.7. The fraction of sp³-hybridized carbons (Fsp3) is 0.176. The molecule has 0 aliphatic heterocycles. The summed E-state index contributed by atoms with van der Waals surface area (Å²) >= 11 is 0. The Labute approximate surface area is 285 Å². The van der Waals surface area contributed by atoms with E-state index in [-0.39, 0.29) is 42.6 Å². The van der Waals surface area contributed by atoms with E-state index in [4.69, 9.17) is 0 Å². The van der Waals surface area contributed by atoms with Crippen molar-refractivity contribution in [2.75, 3.05) is 26.7 Å². The van der Waals surface area contributed by atoms with Crippen LogP contribution < -0.4 is 20.8 Å². The van der Waals surface area contributed by atoms with Crippen LogP contribution in [0.15, 0.2) is 122 Å². The van der Waals surface area contributed by atoms with E-state index in [1.54, 1.807) is 24.4 Å². The smallest absolute Gasteiger partial charge is 0.574 e. The second-order valence-electron chi connectivity index (χ2n) is 10.1. The van der Waals surface area contributed by atoms with Gasteiger partial charge in [-0.1, -0.05) is 66.0 Å². The largest absolute Gasteiger partial charge is 2.00 e. The van der Waals surface area contributed by atoms with E-state index in [9.17, 15) is 13.2 Å². The number of aromatic nitrogens is 6. The number of alkyl halides is 3. The topological polar surface area (TPSA) is 79.8 Å². The number of pyridine rings is 2. The van der Waals surface area contributed by atoms with Crippen molar-refractivity contribution in [2.45, 2.75) is 13.1 Å². The molecular weight excluding hydrogens is 806 g/mol. The van der Waals surface area contributed by atoms with Gasteiger partial charge in [-0.15, -0.1) is 0 Å². The van der Waals surface area contributed by atoms with E-state index < -0.39 is 11.9 Å². The van der Waals surface area contributed by atoms with E-state index in [0.717, 1.165) is 23.1 Å². The summed E-state index contributed by atoms with van der Waals surface area (Å²) in [5.74, 6) is 0. The molecule has 12 heteroatoms. The summed E-state index contributed by atoms with van der Waals surface area (Å²) in [4.78, 5) is 8.03. The molecule has 0 atom stereocenters. The first-order chi connectivity index (χ1) is 21.5. The Morgan fingerprint density at radius 2 is 0.978 bits per heavy atom. The summed E-state index contributed by atoms with van der Waals surface area (Å²) < 4.78 is 36.6. The molecule has 2 aromatic carbocycles. The monoisotopic (exact) mass is 843 g/mol. The SMILES string of the molecule is C[PH+](C)c1ccccc1.C[PH+](C)c1ccccc1.Cc1cc(-c2ccccn2)[n-]n1.FC(F)(F)c1cc(-c2ccccn2)[n-]n1.[Pt+2]. The number of benzene rings is 2. The van der Waals surface area contributed by atoms with Crippen LogP contribution in [-0.4, -0.2) is 46.8 Å². The summed E-state index contributed by atoms with van der Waals surface area (Å²) in [6.45, 7) is 11.1. The van der Waals surface area contributed by atoms with Crippen molar-refractivity contribution in [3.8, 4) is 22.8 Å². The first-order valence-electron chi connectivity index (χ1n) is 14.1. The number of hydrogen-bond acceptors (Lipinski definition) is 4. The third kappa shape index (κ3) is 13.5. The normalized spacial score (nSPS) is 10.4. The first-order valence-corrected chi connectivity index (χ1v) is 19.1. The van der Waals surface area contributed by atoms with Crippen LogP contribution in [0.3, 0.4) is 0 Å². The number of aryl methyl sites for hydroxylation is 1. The van der Waals surface area contributed by atoms with Gasteiger partial charge in [0.1, 0.15) is 5.69 Å². The molecule has 6 aromatic rings. The molecule has 0 fully saturated rings. The zero-order valence-corrected chi connectivity index (χ0v) is 30.5. The van der Waals surface area contributed by atoms with Crippen LogP contribution in [0.25, 0.3) is 22.8 Å². The zero-order valence-electron chi connectivity index (χ0n) is 26.2. The van der Waals surface area contributed by atoms with Crippen LogP contribution in [0.5, 0.6) is 0 Å². The van der Waals surface area contributed by atoms with Gasteiger partial charge in [-0.3, -0.25) is 9.97 Å². The molecule has 46 heavy (non-hydrogen) atoms. The van der Waals surface area contributed by atoms with Gasteiger partial charge in [0.2, 0.25) is 0 Å². The fourth-order valence-corrected chi connectivity index (χ4v) is 5.36. The van der Waals surface area contributed by atoms with Crippen LogP contribution >= 0.6 is 15.8 Å². The van der Waals surface area contributed by atoms with Crippen molar-refractivity contribution in [2.24, 2.45) is 0 Å². The van der Waals surface area contributed by atoms with Crippen LogP contribution in [0, 0.1) is 6.92 Å². The zero-order chi connectivity index (χ0) is 32.7. The Bertz CT molecular complexity index is 1600. The summed E-state index contributed by atoms with van der Waals surface area (Å²) in [5, 5.41) is 17.4. The minimum absolute atomic E-state index is 0. The van der Waals surface area contributed by atoms with Crippen molar-refractivity contribution in [1.82, 2.24) is 30.4 Å². The minimum Gasteiger partial charge on any atom is -0.574 e. The van der Waals surface area contributed by atoms with Gasteiger partial charge < -0.3 is 20.4 Å². The molecule has 6 rings (SSSR count). The average Bonchev–Trinajstić information content (AvgIpc) is 3.74. The molecule has 0 unspecified atom stereocenters. The first kappa shape index (κ1) is 38.7.